The van der Waals surface area contributed by atoms with E-state index in [1.54, 1.807) is 0 Å². The topological polar surface area (TPSA) is 75.6 Å². The molecular weight excluding hydrogens is 274 g/mol. The Morgan fingerprint density at radius 3 is 2.35 bits per heavy atom. The highest BCUT2D eigenvalue weighted by Gasteiger charge is 2.31. The Kier molecular flexibility index (Phi) is 6.52. The van der Waals surface area contributed by atoms with Crippen molar-refractivity contribution in [3.8, 4) is 0 Å². The van der Waals surface area contributed by atoms with Gasteiger partial charge in [-0.1, -0.05) is 38.9 Å². The van der Waals surface area contributed by atoms with Gasteiger partial charge in [0, 0.05) is 8.07 Å². The Morgan fingerprint density at radius 1 is 1.25 bits per heavy atom. The Labute approximate surface area is 122 Å². The summed E-state index contributed by atoms with van der Waals surface area (Å²) in [6.45, 7) is 6.99. The Hall–Kier alpha value is -1.04. The smallest absolute Gasteiger partial charge is 0.407 e. The highest BCUT2D eigenvalue weighted by molar-refractivity contribution is 6.76. The number of carbonyl (C=O) groups is 2. The first kappa shape index (κ1) is 17.0. The van der Waals surface area contributed by atoms with Gasteiger partial charge < -0.3 is 15.2 Å². The van der Waals surface area contributed by atoms with Crippen LogP contribution in [-0.4, -0.2) is 37.9 Å². The number of carbonyl (C=O) groups excluding carboxylic acids is 1. The minimum Gasteiger partial charge on any atom is -0.480 e. The van der Waals surface area contributed by atoms with Crippen molar-refractivity contribution < 1.29 is 19.4 Å². The molecule has 6 heteroatoms. The monoisotopic (exact) mass is 301 g/mol. The molecule has 1 unspecified atom stereocenters. The molecule has 0 radical (unpaired) electrons. The Bertz CT molecular complexity index is 335. The number of nitrogens with one attached hydrogen (secondary N) is 1. The first-order valence-corrected chi connectivity index (χ1v) is 11.2. The van der Waals surface area contributed by atoms with Gasteiger partial charge in [0.25, 0.3) is 0 Å². The standard InChI is InChI=1S/C14H27NO4Si/c1-20(2,3)10-9-19-14(18)15-12(13(16)17)11-7-5-4-6-8-11/h11-12H,4-10H2,1-3H3,(H,15,18)(H,16,17). The number of ether oxygens (including phenoxy) is 1. The van der Waals surface area contributed by atoms with E-state index in [1.165, 1.54) is 0 Å². The van der Waals surface area contributed by atoms with Gasteiger partial charge in [0.15, 0.2) is 0 Å². The molecule has 0 heterocycles. The van der Waals surface area contributed by atoms with E-state index in [2.05, 4.69) is 25.0 Å². The molecular formula is C14H27NO4Si. The lowest BCUT2D eigenvalue weighted by Crippen LogP contribution is -2.46. The van der Waals surface area contributed by atoms with Gasteiger partial charge in [-0.25, -0.2) is 9.59 Å². The molecule has 0 spiro atoms. The molecule has 116 valence electrons. The second kappa shape index (κ2) is 7.66. The van der Waals surface area contributed by atoms with E-state index in [1.807, 2.05) is 0 Å². The summed E-state index contributed by atoms with van der Waals surface area (Å²) in [6, 6.07) is 0.0800. The van der Waals surface area contributed by atoms with E-state index >= 15 is 0 Å². The van der Waals surface area contributed by atoms with E-state index in [4.69, 9.17) is 4.74 Å². The van der Waals surface area contributed by atoms with Crippen LogP contribution in [-0.2, 0) is 9.53 Å². The Morgan fingerprint density at radius 2 is 1.85 bits per heavy atom. The van der Waals surface area contributed by atoms with Crippen molar-refractivity contribution in [1.29, 1.82) is 0 Å². The second-order valence-electron chi connectivity index (χ2n) is 6.80. The first-order chi connectivity index (χ1) is 9.29. The van der Waals surface area contributed by atoms with Crippen molar-refractivity contribution in [1.82, 2.24) is 5.32 Å². The second-order valence-corrected chi connectivity index (χ2v) is 12.4. The maximum absolute atomic E-state index is 11.7. The number of carboxylic acids is 1. The van der Waals surface area contributed by atoms with Gasteiger partial charge in [0.2, 0.25) is 0 Å². The molecule has 20 heavy (non-hydrogen) atoms. The molecule has 0 bridgehead atoms. The van der Waals surface area contributed by atoms with Crippen molar-refractivity contribution in [2.45, 2.75) is 63.8 Å². The molecule has 1 saturated carbocycles. The summed E-state index contributed by atoms with van der Waals surface area (Å²) >= 11 is 0. The maximum atomic E-state index is 11.7. The highest BCUT2D eigenvalue weighted by atomic mass is 28.3. The zero-order valence-corrected chi connectivity index (χ0v) is 13.8. The third-order valence-corrected chi connectivity index (χ3v) is 5.45. The molecule has 2 N–H and O–H groups in total. The Balaban J connectivity index is 2.41. The van der Waals surface area contributed by atoms with Gasteiger partial charge in [0.1, 0.15) is 6.04 Å². The van der Waals surface area contributed by atoms with Crippen LogP contribution in [0.5, 0.6) is 0 Å². The molecule has 0 saturated heterocycles. The van der Waals surface area contributed by atoms with Crippen LogP contribution in [0.25, 0.3) is 0 Å². The number of carboxylic acid groups (broad SMARTS) is 1. The zero-order valence-electron chi connectivity index (χ0n) is 12.8. The fourth-order valence-corrected chi connectivity index (χ4v) is 3.18. The van der Waals surface area contributed by atoms with Crippen molar-refractivity contribution in [3.05, 3.63) is 0 Å². The van der Waals surface area contributed by atoms with E-state index in [9.17, 15) is 14.7 Å². The van der Waals surface area contributed by atoms with E-state index in [0.29, 0.717) is 6.61 Å². The molecule has 1 atom stereocenters. The van der Waals surface area contributed by atoms with Crippen molar-refractivity contribution >= 4 is 20.1 Å². The summed E-state index contributed by atoms with van der Waals surface area (Å²) in [6.07, 6.45) is 4.38. The molecule has 0 aliphatic heterocycles. The fraction of sp³-hybridized carbons (Fsp3) is 0.857. The summed E-state index contributed by atoms with van der Waals surface area (Å²) in [5, 5.41) is 11.8. The summed E-state index contributed by atoms with van der Waals surface area (Å²) in [7, 11) is -1.24. The van der Waals surface area contributed by atoms with Crippen LogP contribution in [0.3, 0.4) is 0 Å². The average Bonchev–Trinajstić information content (AvgIpc) is 2.35. The summed E-state index contributed by atoms with van der Waals surface area (Å²) in [4.78, 5) is 23.0. The van der Waals surface area contributed by atoms with Gasteiger partial charge in [-0.05, 0) is 24.8 Å². The molecule has 5 nitrogen and oxygen atoms in total. The van der Waals surface area contributed by atoms with Gasteiger partial charge in [-0.2, -0.15) is 0 Å². The first-order valence-electron chi connectivity index (χ1n) is 7.46. The van der Waals surface area contributed by atoms with Crippen LogP contribution in [0.15, 0.2) is 0 Å². The van der Waals surface area contributed by atoms with Crippen LogP contribution in [0.2, 0.25) is 25.7 Å². The fourth-order valence-electron chi connectivity index (χ4n) is 2.47. The zero-order chi connectivity index (χ0) is 15.2. The number of alkyl carbamates (subject to hydrolysis) is 1. The van der Waals surface area contributed by atoms with Gasteiger partial charge in [0.05, 0.1) is 6.61 Å². The van der Waals surface area contributed by atoms with Crippen molar-refractivity contribution in [3.63, 3.8) is 0 Å². The van der Waals surface area contributed by atoms with Gasteiger partial charge in [-0.3, -0.25) is 0 Å². The molecule has 0 aromatic heterocycles. The molecule has 0 aromatic rings. The number of aliphatic carboxylic acids is 1. The van der Waals surface area contributed by atoms with E-state index in [-0.39, 0.29) is 5.92 Å². The predicted octanol–water partition coefficient (Wildman–Crippen LogP) is 3.08. The van der Waals surface area contributed by atoms with Gasteiger partial charge in [-0.15, -0.1) is 0 Å². The third-order valence-electron chi connectivity index (χ3n) is 3.75. The lowest BCUT2D eigenvalue weighted by atomic mass is 9.84. The predicted molar refractivity (Wildman–Crippen MR) is 80.6 cm³/mol. The van der Waals surface area contributed by atoms with Crippen LogP contribution in [0, 0.1) is 5.92 Å². The summed E-state index contributed by atoms with van der Waals surface area (Å²) < 4.78 is 5.11. The van der Waals surface area contributed by atoms with Crippen LogP contribution < -0.4 is 5.32 Å². The molecule has 1 rings (SSSR count). The number of rotatable bonds is 6. The normalized spacial score (nSPS) is 18.4. The molecule has 1 amide bonds. The molecule has 0 aromatic carbocycles. The number of hydrogen-bond donors (Lipinski definition) is 2. The van der Waals surface area contributed by atoms with Crippen molar-refractivity contribution in [2.75, 3.05) is 6.61 Å². The summed E-state index contributed by atoms with van der Waals surface area (Å²) in [5.74, 6) is -0.926. The third kappa shape index (κ3) is 6.41. The average molecular weight is 301 g/mol. The van der Waals surface area contributed by atoms with Crippen molar-refractivity contribution in [2.24, 2.45) is 5.92 Å². The molecule has 1 fully saturated rings. The van der Waals surface area contributed by atoms with E-state index < -0.39 is 26.2 Å². The molecule has 1 aliphatic carbocycles. The van der Waals surface area contributed by atoms with E-state index in [0.717, 1.165) is 38.1 Å². The highest BCUT2D eigenvalue weighted by Crippen LogP contribution is 2.26. The largest absolute Gasteiger partial charge is 0.480 e. The number of hydrogen-bond acceptors (Lipinski definition) is 3. The lowest BCUT2D eigenvalue weighted by molar-refractivity contribution is -0.141. The quantitative estimate of drug-likeness (QED) is 0.739. The lowest BCUT2D eigenvalue weighted by Gasteiger charge is -2.27. The minimum atomic E-state index is -1.24. The van der Waals surface area contributed by atoms with Crippen LogP contribution >= 0.6 is 0 Å². The maximum Gasteiger partial charge on any atom is 0.407 e. The van der Waals surface area contributed by atoms with Crippen LogP contribution in [0.1, 0.15) is 32.1 Å². The summed E-state index contributed by atoms with van der Waals surface area (Å²) in [5.41, 5.74) is 0. The number of amides is 1. The SMILES string of the molecule is C[Si](C)(C)CCOC(=O)NC(C(=O)O)C1CCCCC1. The van der Waals surface area contributed by atoms with Gasteiger partial charge >= 0.3 is 12.1 Å². The molecule has 1 aliphatic rings. The minimum absolute atomic E-state index is 0.0331. The van der Waals surface area contributed by atoms with Crippen LogP contribution in [0.4, 0.5) is 4.79 Å².